The van der Waals surface area contributed by atoms with Crippen molar-refractivity contribution in [3.63, 3.8) is 0 Å². The number of aryl methyl sites for hydroxylation is 1. The number of hydrogen-bond acceptors (Lipinski definition) is 6. The highest BCUT2D eigenvalue weighted by Gasteiger charge is 2.08. The normalized spacial score (nSPS) is 18.9. The second kappa shape index (κ2) is 13.9. The molecular formula is C21H36N2O4. The minimum atomic E-state index is 0.608. The summed E-state index contributed by atoms with van der Waals surface area (Å²) in [5.41, 5.74) is 2.61. The standard InChI is InChI=1S/C21H36N2O4/c1-22(2)9-3-4-20-5-7-21(8-6-20)23-10-12-24-14-16-26-18-19-27-17-15-25-13-11-23/h5-8H,3-4,9-19H2,1-2H3. The fourth-order valence-corrected chi connectivity index (χ4v) is 2.95. The fourth-order valence-electron chi connectivity index (χ4n) is 2.95. The molecule has 0 aliphatic carbocycles. The van der Waals surface area contributed by atoms with Crippen molar-refractivity contribution >= 4 is 5.69 Å². The van der Waals surface area contributed by atoms with Crippen LogP contribution in [0.5, 0.6) is 0 Å². The zero-order valence-corrected chi connectivity index (χ0v) is 17.0. The Labute approximate surface area is 164 Å². The predicted molar refractivity (Wildman–Crippen MR) is 109 cm³/mol. The van der Waals surface area contributed by atoms with Crippen molar-refractivity contribution in [3.8, 4) is 0 Å². The first-order valence-corrected chi connectivity index (χ1v) is 10.1. The van der Waals surface area contributed by atoms with Crippen LogP contribution in [-0.2, 0) is 25.4 Å². The van der Waals surface area contributed by atoms with E-state index in [0.29, 0.717) is 52.9 Å². The van der Waals surface area contributed by atoms with Gasteiger partial charge in [-0.3, -0.25) is 0 Å². The van der Waals surface area contributed by atoms with Crippen LogP contribution >= 0.6 is 0 Å². The summed E-state index contributed by atoms with van der Waals surface area (Å²) in [6, 6.07) is 8.91. The fraction of sp³-hybridized carbons (Fsp3) is 0.714. The molecule has 0 saturated carbocycles. The molecule has 0 amide bonds. The van der Waals surface area contributed by atoms with E-state index >= 15 is 0 Å². The molecule has 27 heavy (non-hydrogen) atoms. The SMILES string of the molecule is CN(C)CCCc1ccc(N2CCOCCOCCOCCOCC2)cc1. The van der Waals surface area contributed by atoms with Gasteiger partial charge in [-0.1, -0.05) is 12.1 Å². The highest BCUT2D eigenvalue weighted by Crippen LogP contribution is 2.16. The lowest BCUT2D eigenvalue weighted by atomic mass is 10.1. The Hall–Kier alpha value is -1.18. The van der Waals surface area contributed by atoms with Gasteiger partial charge in [0.2, 0.25) is 0 Å². The van der Waals surface area contributed by atoms with E-state index in [1.807, 2.05) is 0 Å². The molecule has 1 aliphatic heterocycles. The van der Waals surface area contributed by atoms with Crippen molar-refractivity contribution in [2.45, 2.75) is 12.8 Å². The summed E-state index contributed by atoms with van der Waals surface area (Å²) in [4.78, 5) is 4.55. The van der Waals surface area contributed by atoms with Gasteiger partial charge in [-0.2, -0.15) is 0 Å². The number of nitrogens with zero attached hydrogens (tertiary/aromatic N) is 2. The molecule has 1 aliphatic rings. The Morgan fingerprint density at radius 2 is 1.22 bits per heavy atom. The smallest absolute Gasteiger partial charge is 0.0701 e. The Bertz CT molecular complexity index is 466. The van der Waals surface area contributed by atoms with Gasteiger partial charge < -0.3 is 28.7 Å². The van der Waals surface area contributed by atoms with Gasteiger partial charge >= 0.3 is 0 Å². The molecule has 1 aromatic carbocycles. The van der Waals surface area contributed by atoms with E-state index in [4.69, 9.17) is 18.9 Å². The van der Waals surface area contributed by atoms with Crippen molar-refractivity contribution in [2.75, 3.05) is 91.5 Å². The lowest BCUT2D eigenvalue weighted by Crippen LogP contribution is -2.31. The van der Waals surface area contributed by atoms with Crippen LogP contribution in [0.3, 0.4) is 0 Å². The molecule has 6 nitrogen and oxygen atoms in total. The molecule has 0 aromatic heterocycles. The van der Waals surface area contributed by atoms with Gasteiger partial charge in [0, 0.05) is 18.8 Å². The molecule has 1 aromatic rings. The molecule has 1 saturated heterocycles. The number of ether oxygens (including phenoxy) is 4. The molecule has 0 radical (unpaired) electrons. The first kappa shape index (κ1) is 22.1. The van der Waals surface area contributed by atoms with E-state index in [1.165, 1.54) is 17.7 Å². The maximum absolute atomic E-state index is 5.71. The van der Waals surface area contributed by atoms with Crippen LogP contribution in [-0.4, -0.2) is 91.5 Å². The Morgan fingerprint density at radius 3 is 1.70 bits per heavy atom. The van der Waals surface area contributed by atoms with E-state index in [-0.39, 0.29) is 0 Å². The third kappa shape index (κ3) is 10.1. The average molecular weight is 381 g/mol. The van der Waals surface area contributed by atoms with Crippen LogP contribution in [0.25, 0.3) is 0 Å². The molecular weight excluding hydrogens is 344 g/mol. The first-order valence-electron chi connectivity index (χ1n) is 10.1. The van der Waals surface area contributed by atoms with Crippen molar-refractivity contribution in [3.05, 3.63) is 29.8 Å². The highest BCUT2D eigenvalue weighted by molar-refractivity contribution is 5.47. The van der Waals surface area contributed by atoms with Gasteiger partial charge in [0.1, 0.15) is 0 Å². The summed E-state index contributed by atoms with van der Waals surface area (Å²) >= 11 is 0. The number of hydrogen-bond donors (Lipinski definition) is 0. The van der Waals surface area contributed by atoms with E-state index < -0.39 is 0 Å². The number of benzene rings is 1. The van der Waals surface area contributed by atoms with Crippen LogP contribution < -0.4 is 4.90 Å². The summed E-state index contributed by atoms with van der Waals surface area (Å²) in [7, 11) is 4.24. The highest BCUT2D eigenvalue weighted by atomic mass is 16.6. The Kier molecular flexibility index (Phi) is 11.4. The number of anilines is 1. The van der Waals surface area contributed by atoms with Crippen LogP contribution in [0.2, 0.25) is 0 Å². The van der Waals surface area contributed by atoms with E-state index in [9.17, 15) is 0 Å². The van der Waals surface area contributed by atoms with Gasteiger partial charge in [-0.25, -0.2) is 0 Å². The molecule has 0 bridgehead atoms. The van der Waals surface area contributed by atoms with E-state index in [2.05, 4.69) is 48.2 Å². The monoisotopic (exact) mass is 380 g/mol. The third-order valence-electron chi connectivity index (χ3n) is 4.50. The van der Waals surface area contributed by atoms with Gasteiger partial charge in [-0.15, -0.1) is 0 Å². The summed E-state index contributed by atoms with van der Waals surface area (Å²) in [5, 5.41) is 0. The summed E-state index contributed by atoms with van der Waals surface area (Å²) < 4.78 is 22.4. The second-order valence-corrected chi connectivity index (χ2v) is 7.01. The molecule has 0 unspecified atom stereocenters. The van der Waals surface area contributed by atoms with Crippen LogP contribution in [0, 0.1) is 0 Å². The van der Waals surface area contributed by atoms with E-state index in [0.717, 1.165) is 26.1 Å². The average Bonchev–Trinajstić information content (AvgIpc) is 2.67. The molecule has 0 atom stereocenters. The quantitative estimate of drug-likeness (QED) is 0.779. The zero-order chi connectivity index (χ0) is 19.2. The maximum Gasteiger partial charge on any atom is 0.0701 e. The summed E-state index contributed by atoms with van der Waals surface area (Å²) in [6.45, 7) is 7.87. The molecule has 2 rings (SSSR count). The Balaban J connectivity index is 1.84. The van der Waals surface area contributed by atoms with Crippen LogP contribution in [0.1, 0.15) is 12.0 Å². The minimum absolute atomic E-state index is 0.608. The first-order chi connectivity index (χ1) is 13.3. The summed E-state index contributed by atoms with van der Waals surface area (Å²) in [6.07, 6.45) is 2.30. The van der Waals surface area contributed by atoms with Crippen molar-refractivity contribution in [1.82, 2.24) is 4.90 Å². The maximum atomic E-state index is 5.71. The van der Waals surface area contributed by atoms with Gasteiger partial charge in [0.05, 0.1) is 52.9 Å². The molecule has 1 heterocycles. The topological polar surface area (TPSA) is 43.4 Å². The van der Waals surface area contributed by atoms with E-state index in [1.54, 1.807) is 0 Å². The van der Waals surface area contributed by atoms with Crippen LogP contribution in [0.4, 0.5) is 5.69 Å². The van der Waals surface area contributed by atoms with Crippen molar-refractivity contribution in [1.29, 1.82) is 0 Å². The largest absolute Gasteiger partial charge is 0.377 e. The third-order valence-corrected chi connectivity index (χ3v) is 4.50. The number of rotatable bonds is 5. The Morgan fingerprint density at radius 1 is 0.741 bits per heavy atom. The minimum Gasteiger partial charge on any atom is -0.377 e. The van der Waals surface area contributed by atoms with Crippen molar-refractivity contribution < 1.29 is 18.9 Å². The molecule has 0 spiro atoms. The lowest BCUT2D eigenvalue weighted by molar-refractivity contribution is 0.00206. The molecule has 1 fully saturated rings. The summed E-state index contributed by atoms with van der Waals surface area (Å²) in [5.74, 6) is 0. The van der Waals surface area contributed by atoms with Gasteiger partial charge in [-0.05, 0) is 51.2 Å². The van der Waals surface area contributed by atoms with Gasteiger partial charge in [0.15, 0.2) is 0 Å². The van der Waals surface area contributed by atoms with Crippen molar-refractivity contribution in [2.24, 2.45) is 0 Å². The second-order valence-electron chi connectivity index (χ2n) is 7.01. The zero-order valence-electron chi connectivity index (χ0n) is 17.0. The van der Waals surface area contributed by atoms with Gasteiger partial charge in [0.25, 0.3) is 0 Å². The predicted octanol–water partition coefficient (Wildman–Crippen LogP) is 2.07. The lowest BCUT2D eigenvalue weighted by Gasteiger charge is -2.25. The molecule has 6 heteroatoms. The van der Waals surface area contributed by atoms with Crippen LogP contribution in [0.15, 0.2) is 24.3 Å². The molecule has 0 N–H and O–H groups in total. The molecule has 154 valence electrons.